The van der Waals surface area contributed by atoms with Crippen LogP contribution in [0.25, 0.3) is 0 Å². The van der Waals surface area contributed by atoms with Gasteiger partial charge in [0.25, 0.3) is 5.91 Å². The number of morpholine rings is 1. The second-order valence-electron chi connectivity index (χ2n) is 7.67. The summed E-state index contributed by atoms with van der Waals surface area (Å²) >= 11 is 3.40. The third-order valence-electron chi connectivity index (χ3n) is 5.24. The van der Waals surface area contributed by atoms with Crippen molar-refractivity contribution in [1.82, 2.24) is 9.88 Å². The van der Waals surface area contributed by atoms with Crippen LogP contribution in [-0.2, 0) is 17.0 Å². The van der Waals surface area contributed by atoms with Crippen LogP contribution in [0.4, 0.5) is 5.69 Å². The van der Waals surface area contributed by atoms with E-state index >= 15 is 0 Å². The number of thiazole rings is 1. The van der Waals surface area contributed by atoms with Crippen LogP contribution in [0, 0.1) is 6.92 Å². The number of anilines is 1. The first-order chi connectivity index (χ1) is 15.1. The first kappa shape index (κ1) is 21.9. The molecule has 0 radical (unpaired) electrons. The van der Waals surface area contributed by atoms with Gasteiger partial charge >= 0.3 is 0 Å². The third kappa shape index (κ3) is 5.87. The van der Waals surface area contributed by atoms with Crippen LogP contribution in [0.2, 0.25) is 0 Å². The van der Waals surface area contributed by atoms with E-state index in [0.29, 0.717) is 12.1 Å². The van der Waals surface area contributed by atoms with Crippen molar-refractivity contribution in [1.29, 1.82) is 0 Å². The lowest BCUT2D eigenvalue weighted by atomic mass is 10.1. The molecule has 162 valence electrons. The number of benzene rings is 2. The number of aryl methyl sites for hydroxylation is 1. The highest BCUT2D eigenvalue weighted by Gasteiger charge is 2.14. The molecule has 31 heavy (non-hydrogen) atoms. The van der Waals surface area contributed by atoms with Crippen LogP contribution in [-0.4, -0.2) is 49.1 Å². The van der Waals surface area contributed by atoms with Gasteiger partial charge < -0.3 is 14.5 Å². The van der Waals surface area contributed by atoms with E-state index in [0.717, 1.165) is 47.7 Å². The lowest BCUT2D eigenvalue weighted by Gasteiger charge is -2.29. The van der Waals surface area contributed by atoms with Gasteiger partial charge in [-0.3, -0.25) is 4.79 Å². The van der Waals surface area contributed by atoms with Crippen molar-refractivity contribution in [2.75, 3.05) is 38.3 Å². The molecule has 1 saturated heterocycles. The predicted octanol–water partition coefficient (Wildman–Crippen LogP) is 4.85. The summed E-state index contributed by atoms with van der Waals surface area (Å²) in [5.74, 6) is 0.888. The van der Waals surface area contributed by atoms with E-state index in [-0.39, 0.29) is 5.91 Å². The molecule has 1 aliphatic rings. The van der Waals surface area contributed by atoms with Crippen LogP contribution in [0.3, 0.4) is 0 Å². The van der Waals surface area contributed by atoms with E-state index in [1.54, 1.807) is 28.0 Å². The minimum atomic E-state index is 0.0343. The molecule has 1 aromatic heterocycles. The highest BCUT2D eigenvalue weighted by atomic mass is 32.2. The van der Waals surface area contributed by atoms with Crippen LogP contribution < -0.4 is 4.90 Å². The van der Waals surface area contributed by atoms with E-state index in [2.05, 4.69) is 39.5 Å². The zero-order chi connectivity index (χ0) is 21.6. The Labute approximate surface area is 192 Å². The predicted molar refractivity (Wildman–Crippen MR) is 128 cm³/mol. The summed E-state index contributed by atoms with van der Waals surface area (Å²) in [6, 6.07) is 16.4. The molecule has 2 aromatic carbocycles. The summed E-state index contributed by atoms with van der Waals surface area (Å²) in [7, 11) is 1.85. The Morgan fingerprint density at radius 3 is 2.42 bits per heavy atom. The monoisotopic (exact) mass is 453 g/mol. The van der Waals surface area contributed by atoms with Crippen LogP contribution in [0.5, 0.6) is 0 Å². The van der Waals surface area contributed by atoms with E-state index < -0.39 is 0 Å². The highest BCUT2D eigenvalue weighted by molar-refractivity contribution is 8.00. The van der Waals surface area contributed by atoms with Gasteiger partial charge in [-0.25, -0.2) is 4.98 Å². The highest BCUT2D eigenvalue weighted by Crippen LogP contribution is 2.26. The maximum atomic E-state index is 12.8. The quantitative estimate of drug-likeness (QED) is 0.479. The lowest BCUT2D eigenvalue weighted by Crippen LogP contribution is -2.36. The molecule has 0 atom stereocenters. The second-order valence-corrected chi connectivity index (χ2v) is 9.75. The molecular formula is C24H27N3O2S2. The zero-order valence-corrected chi connectivity index (χ0v) is 19.5. The van der Waals surface area contributed by atoms with Gasteiger partial charge in [-0.1, -0.05) is 36.0 Å². The van der Waals surface area contributed by atoms with Gasteiger partial charge in [0.15, 0.2) is 0 Å². The van der Waals surface area contributed by atoms with E-state index in [1.807, 2.05) is 38.2 Å². The maximum absolute atomic E-state index is 12.8. The molecular weight excluding hydrogens is 426 g/mol. The fourth-order valence-electron chi connectivity index (χ4n) is 3.49. The number of aromatic nitrogens is 1. The fourth-order valence-corrected chi connectivity index (χ4v) is 5.29. The molecule has 5 nitrogen and oxygen atoms in total. The molecule has 0 aliphatic carbocycles. The molecule has 3 aromatic rings. The normalized spacial score (nSPS) is 13.9. The van der Waals surface area contributed by atoms with Crippen molar-refractivity contribution < 1.29 is 9.53 Å². The maximum Gasteiger partial charge on any atom is 0.253 e. The van der Waals surface area contributed by atoms with Crippen molar-refractivity contribution in [2.45, 2.75) is 23.6 Å². The largest absolute Gasteiger partial charge is 0.378 e. The first-order valence-corrected chi connectivity index (χ1v) is 12.3. The minimum absolute atomic E-state index is 0.0343. The number of rotatable bonds is 7. The van der Waals surface area contributed by atoms with Crippen molar-refractivity contribution in [3.8, 4) is 0 Å². The number of carbonyl (C=O) groups is 1. The molecule has 0 unspecified atom stereocenters. The fraction of sp³-hybridized carbons (Fsp3) is 0.333. The third-order valence-corrected chi connectivity index (χ3v) is 7.45. The Hall–Kier alpha value is -2.35. The number of carbonyl (C=O) groups excluding carboxylic acids is 1. The SMILES string of the molecule is Cc1csc(SCc2ccc(C(=O)N(C)Cc3ccc(N4CCOCC4)cc3)cc2)n1. The van der Waals surface area contributed by atoms with Gasteiger partial charge in [-0.2, -0.15) is 0 Å². The summed E-state index contributed by atoms with van der Waals surface area (Å²) in [4.78, 5) is 21.4. The second kappa shape index (κ2) is 10.3. The average molecular weight is 454 g/mol. The Morgan fingerprint density at radius 1 is 1.10 bits per heavy atom. The van der Waals surface area contributed by atoms with Gasteiger partial charge in [0.05, 0.1) is 13.2 Å². The van der Waals surface area contributed by atoms with E-state index in [1.165, 1.54) is 11.3 Å². The molecule has 7 heteroatoms. The minimum Gasteiger partial charge on any atom is -0.378 e. The van der Waals surface area contributed by atoms with Gasteiger partial charge in [-0.05, 0) is 42.3 Å². The Kier molecular flexibility index (Phi) is 7.27. The molecule has 4 rings (SSSR count). The zero-order valence-electron chi connectivity index (χ0n) is 17.9. The van der Waals surface area contributed by atoms with Gasteiger partial charge in [0, 0.05) is 54.8 Å². The molecule has 1 aliphatic heterocycles. The van der Waals surface area contributed by atoms with E-state index in [9.17, 15) is 4.79 Å². The van der Waals surface area contributed by atoms with Crippen LogP contribution in [0.1, 0.15) is 27.2 Å². The van der Waals surface area contributed by atoms with Crippen molar-refractivity contribution in [3.63, 3.8) is 0 Å². The number of thioether (sulfide) groups is 1. The van der Waals surface area contributed by atoms with Crippen LogP contribution in [0.15, 0.2) is 58.3 Å². The van der Waals surface area contributed by atoms with Crippen molar-refractivity contribution in [2.24, 2.45) is 0 Å². The summed E-state index contributed by atoms with van der Waals surface area (Å²) < 4.78 is 6.50. The van der Waals surface area contributed by atoms with E-state index in [4.69, 9.17) is 4.74 Å². The van der Waals surface area contributed by atoms with Crippen LogP contribution >= 0.6 is 23.1 Å². The topological polar surface area (TPSA) is 45.7 Å². The van der Waals surface area contributed by atoms with Gasteiger partial charge in [-0.15, -0.1) is 11.3 Å². The Bertz CT molecular complexity index is 996. The van der Waals surface area contributed by atoms with Gasteiger partial charge in [0.1, 0.15) is 4.34 Å². The number of amides is 1. The van der Waals surface area contributed by atoms with Crippen molar-refractivity contribution in [3.05, 3.63) is 76.3 Å². The number of ether oxygens (including phenoxy) is 1. The Balaban J connectivity index is 1.31. The number of hydrogen-bond donors (Lipinski definition) is 0. The summed E-state index contributed by atoms with van der Waals surface area (Å²) in [5, 5.41) is 2.07. The molecule has 0 spiro atoms. The molecule has 0 saturated carbocycles. The number of nitrogens with zero attached hydrogens (tertiary/aromatic N) is 3. The smallest absolute Gasteiger partial charge is 0.253 e. The molecule has 1 amide bonds. The molecule has 2 heterocycles. The summed E-state index contributed by atoms with van der Waals surface area (Å²) in [6.45, 7) is 6.01. The molecule has 0 bridgehead atoms. The first-order valence-electron chi connectivity index (χ1n) is 10.4. The molecule has 1 fully saturated rings. The summed E-state index contributed by atoms with van der Waals surface area (Å²) in [5.41, 5.74) is 5.30. The Morgan fingerprint density at radius 2 is 1.77 bits per heavy atom. The standard InChI is InChI=1S/C24H27N3O2S2/c1-18-16-30-24(25-18)31-17-20-3-7-21(8-4-20)23(28)26(2)15-19-5-9-22(10-6-19)27-11-13-29-14-12-27/h3-10,16H,11-15,17H2,1-2H3. The molecule has 0 N–H and O–H groups in total. The average Bonchev–Trinajstić information content (AvgIpc) is 3.23. The lowest BCUT2D eigenvalue weighted by molar-refractivity contribution is 0.0785. The summed E-state index contributed by atoms with van der Waals surface area (Å²) in [6.07, 6.45) is 0. The van der Waals surface area contributed by atoms with Crippen molar-refractivity contribution >= 4 is 34.7 Å². The number of hydrogen-bond acceptors (Lipinski definition) is 6. The van der Waals surface area contributed by atoms with Gasteiger partial charge in [0.2, 0.25) is 0 Å².